The van der Waals surface area contributed by atoms with Gasteiger partial charge in [0.15, 0.2) is 0 Å². The molecule has 2 rings (SSSR count). The summed E-state index contributed by atoms with van der Waals surface area (Å²) in [6, 6.07) is 6.32. The monoisotopic (exact) mass is 269 g/mol. The van der Waals surface area contributed by atoms with Crippen LogP contribution in [-0.4, -0.2) is 0 Å². The molecule has 0 unspecified atom stereocenters. The first-order valence-corrected chi connectivity index (χ1v) is 6.56. The van der Waals surface area contributed by atoms with Crippen molar-refractivity contribution in [2.75, 3.05) is 5.73 Å². The number of aryl methyl sites for hydroxylation is 1. The number of anilines is 1. The van der Waals surface area contributed by atoms with E-state index in [1.807, 2.05) is 11.3 Å². The fraction of sp³-hybridized carbons (Fsp3) is 0.273. The van der Waals surface area contributed by atoms with Gasteiger partial charge in [-0.1, -0.05) is 41.1 Å². The third kappa shape index (κ3) is 1.44. The minimum atomic E-state index is 0.896. The summed E-state index contributed by atoms with van der Waals surface area (Å²) >= 11 is 5.32. The van der Waals surface area contributed by atoms with Crippen molar-refractivity contribution in [3.05, 3.63) is 28.6 Å². The van der Waals surface area contributed by atoms with Crippen LogP contribution < -0.4 is 5.73 Å². The van der Waals surface area contributed by atoms with E-state index in [0.29, 0.717) is 0 Å². The van der Waals surface area contributed by atoms with Crippen LogP contribution in [0.15, 0.2) is 18.2 Å². The summed E-state index contributed by atoms with van der Waals surface area (Å²) in [6.45, 7) is 2.15. The molecule has 0 radical (unpaired) electrons. The van der Waals surface area contributed by atoms with Gasteiger partial charge in [0.25, 0.3) is 0 Å². The van der Waals surface area contributed by atoms with Crippen molar-refractivity contribution in [1.29, 1.82) is 0 Å². The molecule has 74 valence electrons. The highest BCUT2D eigenvalue weighted by molar-refractivity contribution is 9.08. The highest BCUT2D eigenvalue weighted by Gasteiger charge is 2.09. The predicted octanol–water partition coefficient (Wildman–Crippen LogP) is 3.94. The highest BCUT2D eigenvalue weighted by Crippen LogP contribution is 2.36. The highest BCUT2D eigenvalue weighted by atomic mass is 79.9. The molecule has 0 aliphatic heterocycles. The number of halogens is 1. The maximum Gasteiger partial charge on any atom is 0.0535 e. The van der Waals surface area contributed by atoms with Crippen LogP contribution in [0.4, 0.5) is 5.69 Å². The third-order valence-electron chi connectivity index (χ3n) is 2.38. The molecule has 3 heteroatoms. The summed E-state index contributed by atoms with van der Waals surface area (Å²) in [7, 11) is 0. The Bertz CT molecular complexity index is 462. The molecule has 0 aliphatic carbocycles. The molecule has 0 saturated heterocycles. The fourth-order valence-corrected chi connectivity index (χ4v) is 3.44. The van der Waals surface area contributed by atoms with Gasteiger partial charge in [-0.2, -0.15) is 0 Å². The van der Waals surface area contributed by atoms with Gasteiger partial charge in [0.2, 0.25) is 0 Å². The Morgan fingerprint density at radius 3 is 2.86 bits per heavy atom. The lowest BCUT2D eigenvalue weighted by atomic mass is 10.1. The van der Waals surface area contributed by atoms with E-state index in [-0.39, 0.29) is 0 Å². The van der Waals surface area contributed by atoms with Crippen LogP contribution in [0, 0.1) is 0 Å². The molecule has 0 fully saturated rings. The number of rotatable bonds is 2. The zero-order valence-electron chi connectivity index (χ0n) is 8.01. The summed E-state index contributed by atoms with van der Waals surface area (Å²) in [4.78, 5) is 1.30. The number of fused-ring (bicyclic) bond motifs is 1. The molecule has 0 atom stereocenters. The van der Waals surface area contributed by atoms with Gasteiger partial charge in [-0.15, -0.1) is 11.3 Å². The second kappa shape index (κ2) is 3.91. The summed E-state index contributed by atoms with van der Waals surface area (Å²) in [5.74, 6) is 0. The summed E-state index contributed by atoms with van der Waals surface area (Å²) in [6.07, 6.45) is 1.02. The first-order chi connectivity index (χ1) is 6.77. The Balaban J connectivity index is 2.77. The Labute approximate surface area is 96.1 Å². The average molecular weight is 270 g/mol. The molecular formula is C11H12BrNS. The SMILES string of the molecule is CCc1sc2c(CBr)cccc2c1N. The van der Waals surface area contributed by atoms with Crippen LogP contribution in [0.1, 0.15) is 17.4 Å². The standard InChI is InChI=1S/C11H12BrNS/c1-2-9-10(13)8-5-3-4-7(6-12)11(8)14-9/h3-5H,2,6,13H2,1H3. The molecule has 0 bridgehead atoms. The maximum absolute atomic E-state index is 6.07. The smallest absolute Gasteiger partial charge is 0.0535 e. The molecule has 1 aromatic carbocycles. The lowest BCUT2D eigenvalue weighted by Gasteiger charge is -1.97. The molecular weight excluding hydrogens is 258 g/mol. The third-order valence-corrected chi connectivity index (χ3v) is 4.42. The van der Waals surface area contributed by atoms with Crippen molar-refractivity contribution in [3.63, 3.8) is 0 Å². The van der Waals surface area contributed by atoms with E-state index in [9.17, 15) is 0 Å². The molecule has 1 aromatic heterocycles. The number of benzene rings is 1. The van der Waals surface area contributed by atoms with Crippen molar-refractivity contribution < 1.29 is 0 Å². The van der Waals surface area contributed by atoms with Crippen LogP contribution in [-0.2, 0) is 11.8 Å². The normalized spacial score (nSPS) is 11.0. The molecule has 1 nitrogen and oxygen atoms in total. The predicted molar refractivity (Wildman–Crippen MR) is 68.2 cm³/mol. The second-order valence-corrected chi connectivity index (χ2v) is 4.89. The van der Waals surface area contributed by atoms with Crippen molar-refractivity contribution in [1.82, 2.24) is 0 Å². The summed E-state index contributed by atoms with van der Waals surface area (Å²) in [5, 5.41) is 2.11. The molecule has 0 amide bonds. The van der Waals surface area contributed by atoms with Crippen LogP contribution in [0.2, 0.25) is 0 Å². The number of hydrogen-bond donors (Lipinski definition) is 1. The molecule has 0 aliphatic rings. The maximum atomic E-state index is 6.07. The summed E-state index contributed by atoms with van der Waals surface area (Å²) in [5.41, 5.74) is 8.37. The molecule has 14 heavy (non-hydrogen) atoms. The van der Waals surface area contributed by atoms with Crippen LogP contribution >= 0.6 is 27.3 Å². The van der Waals surface area contributed by atoms with Gasteiger partial charge in [0.05, 0.1) is 5.69 Å². The molecule has 2 N–H and O–H groups in total. The first kappa shape index (κ1) is 9.99. The number of thiophene rings is 1. The lowest BCUT2D eigenvalue weighted by Crippen LogP contribution is -1.86. The molecule has 0 spiro atoms. The van der Waals surface area contributed by atoms with Gasteiger partial charge in [0, 0.05) is 20.3 Å². The van der Waals surface area contributed by atoms with Gasteiger partial charge in [0.1, 0.15) is 0 Å². The van der Waals surface area contributed by atoms with Crippen molar-refractivity contribution in [2.45, 2.75) is 18.7 Å². The quantitative estimate of drug-likeness (QED) is 0.822. The first-order valence-electron chi connectivity index (χ1n) is 4.62. The van der Waals surface area contributed by atoms with Crippen molar-refractivity contribution >= 4 is 43.0 Å². The minimum absolute atomic E-state index is 0.896. The van der Waals surface area contributed by atoms with Crippen LogP contribution in [0.25, 0.3) is 10.1 Å². The van der Waals surface area contributed by atoms with E-state index in [0.717, 1.165) is 17.4 Å². The van der Waals surface area contributed by atoms with E-state index in [2.05, 4.69) is 41.1 Å². The zero-order valence-corrected chi connectivity index (χ0v) is 10.4. The number of nitrogens with two attached hydrogens (primary N) is 1. The average Bonchev–Trinajstić information content (AvgIpc) is 2.55. The molecule has 0 saturated carbocycles. The van der Waals surface area contributed by atoms with Gasteiger partial charge >= 0.3 is 0 Å². The summed E-state index contributed by atoms with van der Waals surface area (Å²) < 4.78 is 1.33. The minimum Gasteiger partial charge on any atom is -0.397 e. The largest absolute Gasteiger partial charge is 0.397 e. The zero-order chi connectivity index (χ0) is 10.1. The second-order valence-electron chi connectivity index (χ2n) is 3.22. The fourth-order valence-electron chi connectivity index (χ4n) is 1.61. The Morgan fingerprint density at radius 2 is 2.21 bits per heavy atom. The number of alkyl halides is 1. The van der Waals surface area contributed by atoms with Gasteiger partial charge < -0.3 is 5.73 Å². The Kier molecular flexibility index (Phi) is 2.79. The van der Waals surface area contributed by atoms with E-state index in [1.54, 1.807) is 0 Å². The Morgan fingerprint density at radius 1 is 1.43 bits per heavy atom. The molecule has 2 aromatic rings. The van der Waals surface area contributed by atoms with Crippen molar-refractivity contribution in [2.24, 2.45) is 0 Å². The van der Waals surface area contributed by atoms with Gasteiger partial charge in [-0.3, -0.25) is 0 Å². The van der Waals surface area contributed by atoms with Gasteiger partial charge in [-0.05, 0) is 12.0 Å². The van der Waals surface area contributed by atoms with E-state index in [1.165, 1.54) is 20.5 Å². The topological polar surface area (TPSA) is 26.0 Å². The lowest BCUT2D eigenvalue weighted by molar-refractivity contribution is 1.19. The molecule has 1 heterocycles. The van der Waals surface area contributed by atoms with Crippen LogP contribution in [0.5, 0.6) is 0 Å². The van der Waals surface area contributed by atoms with E-state index >= 15 is 0 Å². The Hall–Kier alpha value is -0.540. The van der Waals surface area contributed by atoms with Crippen molar-refractivity contribution in [3.8, 4) is 0 Å². The van der Waals surface area contributed by atoms with Gasteiger partial charge in [-0.25, -0.2) is 0 Å². The van der Waals surface area contributed by atoms with E-state index in [4.69, 9.17) is 5.73 Å². The number of hydrogen-bond acceptors (Lipinski definition) is 2. The van der Waals surface area contributed by atoms with E-state index < -0.39 is 0 Å². The number of nitrogen functional groups attached to an aromatic ring is 1. The van der Waals surface area contributed by atoms with Crippen LogP contribution in [0.3, 0.4) is 0 Å².